The number of nitrogens with zero attached hydrogens (tertiary/aromatic N) is 3. The number of aromatic nitrogens is 1. The lowest BCUT2D eigenvalue weighted by Crippen LogP contribution is -1.69. The number of rotatable bonds is 0. The van der Waals surface area contributed by atoms with Crippen molar-refractivity contribution in [2.24, 2.45) is 0 Å². The van der Waals surface area contributed by atoms with E-state index in [1.54, 1.807) is 12.1 Å². The molecule has 0 aliphatic carbocycles. The molecule has 0 radical (unpaired) electrons. The highest BCUT2D eigenvalue weighted by Crippen LogP contribution is 2.19. The molecule has 4 heteroatoms. The molecule has 1 aromatic rings. The van der Waals surface area contributed by atoms with E-state index in [1.807, 2.05) is 0 Å². The van der Waals surface area contributed by atoms with Crippen molar-refractivity contribution in [3.63, 3.8) is 0 Å². The van der Waals surface area contributed by atoms with Crippen LogP contribution < -0.4 is 0 Å². The van der Waals surface area contributed by atoms with Crippen molar-refractivity contribution >= 4 is 17.3 Å². The van der Waals surface area contributed by atoms with Gasteiger partial charge in [-0.25, -0.2) is 4.98 Å². The molecule has 1 heterocycles. The Balaban J connectivity index is 3.20. The minimum Gasteiger partial charge on any atom is -0.237 e. The summed E-state index contributed by atoms with van der Waals surface area (Å²) < 4.78 is 0. The van der Waals surface area contributed by atoms with Crippen LogP contribution in [0.3, 0.4) is 0 Å². The molecule has 0 N–H and O–H groups in total. The summed E-state index contributed by atoms with van der Waals surface area (Å²) in [5, 5.41) is 8.43. The fourth-order valence-electron chi connectivity index (χ4n) is 0.452. The lowest BCUT2D eigenvalue weighted by atomic mass is 10.4. The van der Waals surface area contributed by atoms with Gasteiger partial charge in [0.25, 0.3) is 0 Å². The lowest BCUT2D eigenvalue weighted by Gasteiger charge is -1.77. The topological polar surface area (TPSA) is 41.0 Å². The third kappa shape index (κ3) is 1.15. The first kappa shape index (κ1) is 5.99. The molecular weight excluding hydrogens is 138 g/mol. The Kier molecular flexibility index (Phi) is 1.61. The molecule has 0 amide bonds. The molecule has 0 aliphatic heterocycles. The molecule has 44 valence electrons. The molecule has 0 aromatic carbocycles. The number of hydrogen-bond donors (Lipinski definition) is 0. The van der Waals surface area contributed by atoms with Gasteiger partial charge in [0, 0.05) is 12.3 Å². The Morgan fingerprint density at radius 1 is 1.67 bits per heavy atom. The van der Waals surface area contributed by atoms with E-state index in [1.165, 1.54) is 6.20 Å². The van der Waals surface area contributed by atoms with Crippen LogP contribution in [0.15, 0.2) is 18.3 Å². The highest BCUT2D eigenvalue weighted by atomic mass is 35.5. The van der Waals surface area contributed by atoms with Crippen molar-refractivity contribution in [3.8, 4) is 0 Å². The summed E-state index contributed by atoms with van der Waals surface area (Å²) in [5.74, 6) is 0. The Morgan fingerprint density at radius 2 is 2.44 bits per heavy atom. The highest BCUT2D eigenvalue weighted by Gasteiger charge is 2.09. The molecule has 0 fully saturated rings. The minimum atomic E-state index is 0.208. The Morgan fingerprint density at radius 3 is 2.89 bits per heavy atom. The van der Waals surface area contributed by atoms with Gasteiger partial charge in [-0.3, -0.25) is 0 Å². The largest absolute Gasteiger partial charge is 0.421 e. The van der Waals surface area contributed by atoms with Crippen molar-refractivity contribution in [1.29, 1.82) is 5.39 Å². The average Bonchev–Trinajstić information content (AvgIpc) is 1.89. The fourth-order valence-corrected chi connectivity index (χ4v) is 0.609. The van der Waals surface area contributed by atoms with Crippen LogP contribution in [0, 0.1) is 5.39 Å². The molecule has 0 aliphatic rings. The molecule has 9 heavy (non-hydrogen) atoms. The van der Waals surface area contributed by atoms with E-state index in [2.05, 4.69) is 9.96 Å². The second-order valence-electron chi connectivity index (χ2n) is 1.41. The van der Waals surface area contributed by atoms with E-state index in [9.17, 15) is 0 Å². The predicted molar refractivity (Wildman–Crippen MR) is 34.0 cm³/mol. The monoisotopic (exact) mass is 140 g/mol. The Bertz CT molecular complexity index is 253. The number of pyridine rings is 1. The Hall–Kier alpha value is -1.14. The second kappa shape index (κ2) is 2.42. The number of hydrogen-bond acceptors (Lipinski definition) is 2. The maximum atomic E-state index is 8.22. The fraction of sp³-hybridized carbons (Fsp3) is 0. The van der Waals surface area contributed by atoms with Gasteiger partial charge < -0.3 is 0 Å². The summed E-state index contributed by atoms with van der Waals surface area (Å²) in [4.78, 5) is 6.54. The number of halogens is 1. The predicted octanol–water partition coefficient (Wildman–Crippen LogP) is 2.22. The summed E-state index contributed by atoms with van der Waals surface area (Å²) in [7, 11) is 0. The molecule has 1 aromatic heterocycles. The summed E-state index contributed by atoms with van der Waals surface area (Å²) in [5.41, 5.74) is 0.291. The van der Waals surface area contributed by atoms with Crippen molar-refractivity contribution < 1.29 is 0 Å². The van der Waals surface area contributed by atoms with E-state index in [4.69, 9.17) is 17.0 Å². The van der Waals surface area contributed by atoms with Crippen LogP contribution in [-0.2, 0) is 0 Å². The van der Waals surface area contributed by atoms with Gasteiger partial charge in [-0.2, -0.15) is 0 Å². The normalized spacial score (nSPS) is 8.44. The van der Waals surface area contributed by atoms with Crippen molar-refractivity contribution in [2.45, 2.75) is 0 Å². The zero-order valence-electron chi connectivity index (χ0n) is 4.45. The van der Waals surface area contributed by atoms with Gasteiger partial charge in [0.15, 0.2) is 4.98 Å². The summed E-state index contributed by atoms with van der Waals surface area (Å²) in [6.45, 7) is 0. The molecule has 0 bridgehead atoms. The van der Waals surface area contributed by atoms with E-state index in [0.717, 1.165) is 0 Å². The maximum Gasteiger partial charge on any atom is 0.421 e. The smallest absolute Gasteiger partial charge is 0.237 e. The van der Waals surface area contributed by atoms with Crippen LogP contribution in [0.2, 0.25) is 5.15 Å². The maximum absolute atomic E-state index is 8.22. The van der Waals surface area contributed by atoms with Crippen LogP contribution in [0.4, 0.5) is 5.69 Å². The van der Waals surface area contributed by atoms with Crippen LogP contribution in [-0.4, -0.2) is 4.98 Å². The third-order valence-electron chi connectivity index (χ3n) is 0.847. The lowest BCUT2D eigenvalue weighted by molar-refractivity contribution is 1.32. The van der Waals surface area contributed by atoms with Crippen molar-refractivity contribution in [1.82, 2.24) is 4.98 Å². The van der Waals surface area contributed by atoms with Gasteiger partial charge >= 0.3 is 5.69 Å². The molecule has 3 nitrogen and oxygen atoms in total. The van der Waals surface area contributed by atoms with E-state index >= 15 is 0 Å². The first-order valence-corrected chi connectivity index (χ1v) is 2.68. The quantitative estimate of drug-likeness (QED) is 0.410. The van der Waals surface area contributed by atoms with Crippen LogP contribution >= 0.6 is 11.6 Å². The van der Waals surface area contributed by atoms with E-state index in [-0.39, 0.29) is 5.15 Å². The van der Waals surface area contributed by atoms with Crippen molar-refractivity contribution in [2.75, 3.05) is 0 Å². The van der Waals surface area contributed by atoms with Gasteiger partial charge in [-0.1, -0.05) is 11.6 Å². The van der Waals surface area contributed by atoms with E-state index < -0.39 is 0 Å². The average molecular weight is 141 g/mol. The molecule has 0 atom stereocenters. The van der Waals surface area contributed by atoms with Crippen LogP contribution in [0.5, 0.6) is 0 Å². The third-order valence-corrected chi connectivity index (χ3v) is 1.14. The first-order chi connectivity index (χ1) is 4.34. The molecule has 0 saturated heterocycles. The highest BCUT2D eigenvalue weighted by molar-refractivity contribution is 6.31. The zero-order chi connectivity index (χ0) is 6.69. The molecule has 0 unspecified atom stereocenters. The van der Waals surface area contributed by atoms with Gasteiger partial charge in [-0.15, -0.1) is 0 Å². The SMILES string of the molecule is N#[N+]c1cccnc1Cl. The molecule has 0 saturated carbocycles. The number of diazo groups is 1. The van der Waals surface area contributed by atoms with Crippen molar-refractivity contribution in [3.05, 3.63) is 28.5 Å². The molecular formula is C5H3ClN3+. The van der Waals surface area contributed by atoms with Gasteiger partial charge in [0.1, 0.15) is 0 Å². The molecule has 0 spiro atoms. The van der Waals surface area contributed by atoms with Gasteiger partial charge in [0.05, 0.1) is 0 Å². The Labute approximate surface area is 56.9 Å². The van der Waals surface area contributed by atoms with Crippen LogP contribution in [0.25, 0.3) is 4.98 Å². The standard InChI is InChI=1S/C5H3ClN3/c6-5-4(9-7)2-1-3-8-5/h1-3H/q+1. The van der Waals surface area contributed by atoms with Gasteiger partial charge in [0.2, 0.25) is 10.5 Å². The second-order valence-corrected chi connectivity index (χ2v) is 1.77. The van der Waals surface area contributed by atoms with Gasteiger partial charge in [-0.05, 0) is 6.07 Å². The first-order valence-electron chi connectivity index (χ1n) is 2.30. The van der Waals surface area contributed by atoms with Crippen LogP contribution in [0.1, 0.15) is 0 Å². The minimum absolute atomic E-state index is 0.208. The summed E-state index contributed by atoms with van der Waals surface area (Å²) in [6, 6.07) is 3.20. The summed E-state index contributed by atoms with van der Waals surface area (Å²) in [6.07, 6.45) is 1.52. The zero-order valence-corrected chi connectivity index (χ0v) is 5.21. The summed E-state index contributed by atoms with van der Waals surface area (Å²) >= 11 is 5.46. The van der Waals surface area contributed by atoms with E-state index in [0.29, 0.717) is 5.69 Å². The molecule has 1 rings (SSSR count).